The van der Waals surface area contributed by atoms with Gasteiger partial charge in [0, 0.05) is 0 Å². The van der Waals surface area contributed by atoms with Gasteiger partial charge in [0.25, 0.3) is 0 Å². The number of hydrogen-bond acceptors (Lipinski definition) is 7. The Morgan fingerprint density at radius 1 is 0.871 bits per heavy atom. The number of carboxylic acids is 1. The zero-order chi connectivity index (χ0) is 23.8. The van der Waals surface area contributed by atoms with Gasteiger partial charge in [0.1, 0.15) is 12.1 Å². The molecule has 11 nitrogen and oxygen atoms in total. The van der Waals surface area contributed by atoms with Crippen LogP contribution in [-0.4, -0.2) is 66.6 Å². The average Bonchev–Trinajstić information content (AvgIpc) is 2.74. The van der Waals surface area contributed by atoms with Gasteiger partial charge >= 0.3 is 5.97 Å². The highest BCUT2D eigenvalue weighted by Crippen LogP contribution is 2.06. The van der Waals surface area contributed by atoms with Crippen molar-refractivity contribution < 1.29 is 24.3 Å². The third-order valence-corrected chi connectivity index (χ3v) is 5.14. The van der Waals surface area contributed by atoms with Crippen LogP contribution in [0.15, 0.2) is 0 Å². The molecule has 4 atom stereocenters. The van der Waals surface area contributed by atoms with Crippen LogP contribution in [0.5, 0.6) is 0 Å². The van der Waals surface area contributed by atoms with Gasteiger partial charge in [-0.15, -0.1) is 0 Å². The Bertz CT molecular complexity index is 574. The van der Waals surface area contributed by atoms with Crippen LogP contribution in [0.1, 0.15) is 58.8 Å². The molecular weight excluding hydrogens is 404 g/mol. The standard InChI is InChI=1S/C20H40N6O5/c1-3-13(2)17(23)19(29)24-12-16(27)25-14(8-4-6-10-21)18(28)26-15(20(30)31)9-5-7-11-22/h13-15,17H,3-12,21-23H2,1-2H3,(H,24,29)(H,25,27)(H,26,28)(H,30,31). The van der Waals surface area contributed by atoms with Crippen LogP contribution < -0.4 is 33.2 Å². The lowest BCUT2D eigenvalue weighted by atomic mass is 9.99. The molecule has 0 aliphatic rings. The van der Waals surface area contributed by atoms with Crippen molar-refractivity contribution in [2.24, 2.45) is 23.1 Å². The maximum absolute atomic E-state index is 12.6. The van der Waals surface area contributed by atoms with Gasteiger partial charge < -0.3 is 38.3 Å². The number of carbonyl (C=O) groups excluding carboxylic acids is 3. The van der Waals surface area contributed by atoms with Gasteiger partial charge in [-0.1, -0.05) is 20.3 Å². The summed E-state index contributed by atoms with van der Waals surface area (Å²) in [5, 5.41) is 16.9. The fourth-order valence-electron chi connectivity index (χ4n) is 2.83. The van der Waals surface area contributed by atoms with Gasteiger partial charge in [-0.25, -0.2) is 4.79 Å². The maximum Gasteiger partial charge on any atom is 0.326 e. The summed E-state index contributed by atoms with van der Waals surface area (Å²) in [7, 11) is 0. The summed E-state index contributed by atoms with van der Waals surface area (Å²) in [5.41, 5.74) is 16.8. The summed E-state index contributed by atoms with van der Waals surface area (Å²) in [6, 6.07) is -2.73. The lowest BCUT2D eigenvalue weighted by Crippen LogP contribution is -2.54. The van der Waals surface area contributed by atoms with E-state index in [0.717, 1.165) is 6.42 Å². The molecule has 4 unspecified atom stereocenters. The Morgan fingerprint density at radius 3 is 1.90 bits per heavy atom. The van der Waals surface area contributed by atoms with Crippen molar-refractivity contribution in [1.82, 2.24) is 16.0 Å². The summed E-state index contributed by atoms with van der Waals surface area (Å²) in [5.74, 6) is -2.78. The smallest absolute Gasteiger partial charge is 0.326 e. The molecule has 0 aliphatic heterocycles. The van der Waals surface area contributed by atoms with Crippen molar-refractivity contribution in [2.75, 3.05) is 19.6 Å². The summed E-state index contributed by atoms with van der Waals surface area (Å²) in [6.45, 7) is 4.29. The number of nitrogens with one attached hydrogen (secondary N) is 3. The van der Waals surface area contributed by atoms with Gasteiger partial charge in [-0.05, 0) is 57.5 Å². The monoisotopic (exact) mass is 444 g/mol. The molecule has 0 aromatic carbocycles. The second-order valence-electron chi connectivity index (χ2n) is 7.72. The second kappa shape index (κ2) is 16.5. The minimum absolute atomic E-state index is 0.0370. The van der Waals surface area contributed by atoms with Crippen LogP contribution in [0, 0.1) is 5.92 Å². The fourth-order valence-corrected chi connectivity index (χ4v) is 2.83. The lowest BCUT2D eigenvalue weighted by molar-refractivity contribution is -0.142. The maximum atomic E-state index is 12.6. The number of hydrogen-bond donors (Lipinski definition) is 7. The van der Waals surface area contributed by atoms with E-state index >= 15 is 0 Å². The molecule has 0 aliphatic carbocycles. The molecule has 180 valence electrons. The molecule has 0 fully saturated rings. The molecule has 0 spiro atoms. The zero-order valence-corrected chi connectivity index (χ0v) is 18.7. The molecule has 0 rings (SSSR count). The Kier molecular flexibility index (Phi) is 15.3. The van der Waals surface area contributed by atoms with Gasteiger partial charge in [-0.2, -0.15) is 0 Å². The van der Waals surface area contributed by atoms with Gasteiger partial charge in [0.05, 0.1) is 12.6 Å². The molecule has 31 heavy (non-hydrogen) atoms. The summed E-state index contributed by atoms with van der Waals surface area (Å²) in [4.78, 5) is 48.4. The number of aliphatic carboxylic acids is 1. The van der Waals surface area contributed by atoms with Gasteiger partial charge in [0.2, 0.25) is 17.7 Å². The first-order valence-electron chi connectivity index (χ1n) is 10.9. The Hall–Kier alpha value is -2.24. The van der Waals surface area contributed by atoms with Crippen LogP contribution in [0.4, 0.5) is 0 Å². The van der Waals surface area contributed by atoms with E-state index in [1.807, 2.05) is 13.8 Å². The number of amides is 3. The highest BCUT2D eigenvalue weighted by molar-refractivity contribution is 5.92. The van der Waals surface area contributed by atoms with E-state index in [1.165, 1.54) is 0 Å². The van der Waals surface area contributed by atoms with Crippen molar-refractivity contribution in [3.63, 3.8) is 0 Å². The van der Waals surface area contributed by atoms with E-state index in [0.29, 0.717) is 45.2 Å². The minimum Gasteiger partial charge on any atom is -0.480 e. The van der Waals surface area contributed by atoms with Crippen LogP contribution in [0.3, 0.4) is 0 Å². The Morgan fingerprint density at radius 2 is 1.42 bits per heavy atom. The highest BCUT2D eigenvalue weighted by atomic mass is 16.4. The number of carbonyl (C=O) groups is 4. The number of nitrogens with two attached hydrogens (primary N) is 3. The van der Waals surface area contributed by atoms with Crippen LogP contribution in [-0.2, 0) is 19.2 Å². The predicted octanol–water partition coefficient (Wildman–Crippen LogP) is -1.21. The molecular formula is C20H40N6O5. The SMILES string of the molecule is CCC(C)C(N)C(=O)NCC(=O)NC(CCCCN)C(=O)NC(CCCCN)C(=O)O. The average molecular weight is 445 g/mol. The van der Waals surface area contributed by atoms with Crippen molar-refractivity contribution in [3.8, 4) is 0 Å². The summed E-state index contributed by atoms with van der Waals surface area (Å²) >= 11 is 0. The largest absolute Gasteiger partial charge is 0.480 e. The molecule has 0 saturated heterocycles. The van der Waals surface area contributed by atoms with Crippen molar-refractivity contribution in [2.45, 2.75) is 76.9 Å². The summed E-state index contributed by atoms with van der Waals surface area (Å²) in [6.07, 6.45) is 3.69. The molecule has 11 heteroatoms. The Balaban J connectivity index is 4.91. The minimum atomic E-state index is -1.15. The third-order valence-electron chi connectivity index (χ3n) is 5.14. The third kappa shape index (κ3) is 12.3. The van der Waals surface area contributed by atoms with E-state index in [4.69, 9.17) is 17.2 Å². The van der Waals surface area contributed by atoms with Gasteiger partial charge in [0.15, 0.2) is 0 Å². The van der Waals surface area contributed by atoms with E-state index in [-0.39, 0.29) is 18.9 Å². The van der Waals surface area contributed by atoms with Crippen molar-refractivity contribution in [1.29, 1.82) is 0 Å². The van der Waals surface area contributed by atoms with Crippen LogP contribution >= 0.6 is 0 Å². The molecule has 0 radical (unpaired) electrons. The van der Waals surface area contributed by atoms with E-state index in [2.05, 4.69) is 16.0 Å². The Labute approximate surface area is 184 Å². The first-order chi connectivity index (χ1) is 14.7. The molecule has 0 bridgehead atoms. The quantitative estimate of drug-likeness (QED) is 0.135. The van der Waals surface area contributed by atoms with Crippen molar-refractivity contribution in [3.05, 3.63) is 0 Å². The topological polar surface area (TPSA) is 203 Å². The second-order valence-corrected chi connectivity index (χ2v) is 7.72. The number of carboxylic acid groups (broad SMARTS) is 1. The first kappa shape index (κ1) is 28.8. The van der Waals surface area contributed by atoms with Crippen LogP contribution in [0.25, 0.3) is 0 Å². The predicted molar refractivity (Wildman–Crippen MR) is 118 cm³/mol. The molecule has 0 aromatic rings. The first-order valence-corrected chi connectivity index (χ1v) is 10.9. The normalized spacial score (nSPS) is 14.7. The molecule has 3 amide bonds. The van der Waals surface area contributed by atoms with E-state index in [1.54, 1.807) is 0 Å². The molecule has 0 saturated carbocycles. The van der Waals surface area contributed by atoms with Gasteiger partial charge in [-0.3, -0.25) is 14.4 Å². The zero-order valence-electron chi connectivity index (χ0n) is 18.7. The van der Waals surface area contributed by atoms with Crippen LogP contribution in [0.2, 0.25) is 0 Å². The fraction of sp³-hybridized carbons (Fsp3) is 0.800. The molecule has 0 heterocycles. The highest BCUT2D eigenvalue weighted by Gasteiger charge is 2.26. The summed E-state index contributed by atoms with van der Waals surface area (Å²) < 4.78 is 0. The van der Waals surface area contributed by atoms with E-state index < -0.39 is 41.8 Å². The molecule has 0 aromatic heterocycles. The lowest BCUT2D eigenvalue weighted by Gasteiger charge is -2.22. The van der Waals surface area contributed by atoms with Crippen molar-refractivity contribution >= 4 is 23.7 Å². The number of unbranched alkanes of at least 4 members (excludes halogenated alkanes) is 2. The number of rotatable bonds is 17. The van der Waals surface area contributed by atoms with E-state index in [9.17, 15) is 24.3 Å². The molecule has 10 N–H and O–H groups in total.